The van der Waals surface area contributed by atoms with Crippen molar-refractivity contribution in [2.75, 3.05) is 67.0 Å². The van der Waals surface area contributed by atoms with E-state index < -0.39 is 0 Å². The molecule has 6 nitrogen and oxygen atoms in total. The molecule has 2 heterocycles. The monoisotopic (exact) mass is 440 g/mol. The Kier molecular flexibility index (Phi) is 13.8. The van der Waals surface area contributed by atoms with Gasteiger partial charge in [0.1, 0.15) is 12.6 Å². The molecule has 0 N–H and O–H groups in total. The summed E-state index contributed by atoms with van der Waals surface area (Å²) in [5, 5.41) is 0. The SMILES string of the molecule is CCC1CCN(C)C(N(CC)CC)N1C.CCC1CCN(C)C(N(CC)CC)N1CC. The van der Waals surface area contributed by atoms with Crippen LogP contribution in [0.5, 0.6) is 0 Å². The molecule has 2 rings (SSSR count). The van der Waals surface area contributed by atoms with Crippen LogP contribution >= 0.6 is 0 Å². The van der Waals surface area contributed by atoms with Gasteiger partial charge in [-0.2, -0.15) is 0 Å². The van der Waals surface area contributed by atoms with E-state index >= 15 is 0 Å². The standard InChI is InChI=1S/C13H29N3.C12H27N3/c1-6-12-10-11-14(5)13(16(12)9-4)15(7-2)8-3;1-6-11-9-10-13(4)12(14(11)5)15(7-2)8-3/h12-13H,6-11H2,1-5H3;11-12H,6-10H2,1-5H3. The van der Waals surface area contributed by atoms with Crippen molar-refractivity contribution >= 4 is 0 Å². The highest BCUT2D eigenvalue weighted by Gasteiger charge is 2.35. The predicted molar refractivity (Wildman–Crippen MR) is 136 cm³/mol. The Morgan fingerprint density at radius 1 is 0.613 bits per heavy atom. The summed E-state index contributed by atoms with van der Waals surface area (Å²) in [4.78, 5) is 15.3. The fraction of sp³-hybridized carbons (Fsp3) is 1.00. The molecule has 4 atom stereocenters. The van der Waals surface area contributed by atoms with Crippen molar-refractivity contribution < 1.29 is 0 Å². The zero-order valence-corrected chi connectivity index (χ0v) is 22.8. The topological polar surface area (TPSA) is 19.4 Å². The first kappa shape index (κ1) is 28.8. The lowest BCUT2D eigenvalue weighted by Gasteiger charge is -2.50. The summed E-state index contributed by atoms with van der Waals surface area (Å²) < 4.78 is 0. The minimum absolute atomic E-state index is 0.499. The van der Waals surface area contributed by atoms with Gasteiger partial charge >= 0.3 is 0 Å². The van der Waals surface area contributed by atoms with E-state index in [1.807, 2.05) is 0 Å². The fourth-order valence-corrected chi connectivity index (χ4v) is 5.72. The van der Waals surface area contributed by atoms with Crippen molar-refractivity contribution in [1.29, 1.82) is 0 Å². The third-order valence-corrected chi connectivity index (χ3v) is 7.71. The van der Waals surface area contributed by atoms with Gasteiger partial charge in [-0.1, -0.05) is 48.5 Å². The van der Waals surface area contributed by atoms with Gasteiger partial charge < -0.3 is 0 Å². The van der Waals surface area contributed by atoms with Gasteiger partial charge in [0.25, 0.3) is 0 Å². The van der Waals surface area contributed by atoms with Crippen LogP contribution in [-0.4, -0.2) is 121 Å². The average Bonchev–Trinajstić information content (AvgIpc) is 2.78. The Morgan fingerprint density at radius 3 is 1.45 bits per heavy atom. The highest BCUT2D eigenvalue weighted by atomic mass is 15.5. The van der Waals surface area contributed by atoms with Crippen LogP contribution in [0.2, 0.25) is 0 Å². The molecule has 0 amide bonds. The first-order valence-electron chi connectivity index (χ1n) is 13.2. The molecule has 0 aromatic carbocycles. The summed E-state index contributed by atoms with van der Waals surface area (Å²) in [6.45, 7) is 24.1. The average molecular weight is 441 g/mol. The molecule has 2 aliphatic heterocycles. The number of rotatable bonds is 9. The Balaban J connectivity index is 0.000000311. The maximum atomic E-state index is 2.66. The maximum absolute atomic E-state index is 2.66. The maximum Gasteiger partial charge on any atom is 0.119 e. The fourth-order valence-electron chi connectivity index (χ4n) is 5.72. The molecule has 0 bridgehead atoms. The summed E-state index contributed by atoms with van der Waals surface area (Å²) in [5.74, 6) is 0. The van der Waals surface area contributed by atoms with Gasteiger partial charge in [-0.05, 0) is 79.6 Å². The van der Waals surface area contributed by atoms with Gasteiger partial charge in [0.05, 0.1) is 0 Å². The molecule has 186 valence electrons. The Hall–Kier alpha value is -0.240. The zero-order valence-electron chi connectivity index (χ0n) is 22.8. The lowest BCUT2D eigenvalue weighted by atomic mass is 10.1. The summed E-state index contributed by atoms with van der Waals surface area (Å²) in [7, 11) is 6.77. The van der Waals surface area contributed by atoms with Crippen molar-refractivity contribution in [3.8, 4) is 0 Å². The Labute approximate surface area is 195 Å². The normalized spacial score (nSPS) is 29.4. The van der Waals surface area contributed by atoms with Crippen molar-refractivity contribution in [3.05, 3.63) is 0 Å². The van der Waals surface area contributed by atoms with Crippen molar-refractivity contribution in [2.45, 2.75) is 98.8 Å². The van der Waals surface area contributed by atoms with Crippen LogP contribution < -0.4 is 0 Å². The van der Waals surface area contributed by atoms with Crippen molar-refractivity contribution in [1.82, 2.24) is 29.4 Å². The predicted octanol–water partition coefficient (Wildman–Crippen LogP) is 3.71. The summed E-state index contributed by atoms with van der Waals surface area (Å²) in [6.07, 6.45) is 6.18. The van der Waals surface area contributed by atoms with E-state index in [0.29, 0.717) is 12.6 Å². The molecule has 0 saturated carbocycles. The third kappa shape index (κ3) is 7.38. The summed E-state index contributed by atoms with van der Waals surface area (Å²) in [6, 6.07) is 1.53. The second-order valence-corrected chi connectivity index (χ2v) is 9.29. The van der Waals surface area contributed by atoms with E-state index in [0.717, 1.165) is 44.8 Å². The highest BCUT2D eigenvalue weighted by molar-refractivity contribution is 4.84. The minimum Gasteiger partial charge on any atom is -0.278 e. The Morgan fingerprint density at radius 2 is 1.03 bits per heavy atom. The quantitative estimate of drug-likeness (QED) is 0.541. The minimum atomic E-state index is 0.499. The van der Waals surface area contributed by atoms with E-state index in [2.05, 4.69) is 99.0 Å². The van der Waals surface area contributed by atoms with Gasteiger partial charge in [-0.25, -0.2) is 0 Å². The molecule has 2 saturated heterocycles. The lowest BCUT2D eigenvalue weighted by Crippen LogP contribution is -2.63. The molecule has 2 fully saturated rings. The second-order valence-electron chi connectivity index (χ2n) is 9.29. The van der Waals surface area contributed by atoms with Crippen LogP contribution in [0.25, 0.3) is 0 Å². The van der Waals surface area contributed by atoms with E-state index in [-0.39, 0.29) is 0 Å². The molecule has 0 spiro atoms. The lowest BCUT2D eigenvalue weighted by molar-refractivity contribution is -0.106. The molecule has 6 heteroatoms. The van der Waals surface area contributed by atoms with Gasteiger partial charge in [0.2, 0.25) is 0 Å². The molecule has 31 heavy (non-hydrogen) atoms. The largest absolute Gasteiger partial charge is 0.278 e. The molecule has 0 radical (unpaired) electrons. The number of nitrogens with zero attached hydrogens (tertiary/aromatic N) is 6. The van der Waals surface area contributed by atoms with Crippen LogP contribution in [0.1, 0.15) is 74.1 Å². The zero-order chi connectivity index (χ0) is 23.6. The molecule has 0 aliphatic carbocycles. The van der Waals surface area contributed by atoms with Crippen LogP contribution in [-0.2, 0) is 0 Å². The number of hydrogen-bond donors (Lipinski definition) is 0. The van der Waals surface area contributed by atoms with E-state index in [9.17, 15) is 0 Å². The van der Waals surface area contributed by atoms with Gasteiger partial charge in [0, 0.05) is 25.2 Å². The van der Waals surface area contributed by atoms with Crippen LogP contribution in [0.4, 0.5) is 0 Å². The van der Waals surface area contributed by atoms with E-state index in [1.165, 1.54) is 38.8 Å². The van der Waals surface area contributed by atoms with Gasteiger partial charge in [-0.3, -0.25) is 29.4 Å². The molecular weight excluding hydrogens is 384 g/mol. The molecule has 0 aromatic rings. The second kappa shape index (κ2) is 14.8. The first-order valence-corrected chi connectivity index (χ1v) is 13.2. The summed E-state index contributed by atoms with van der Waals surface area (Å²) >= 11 is 0. The Bertz CT molecular complexity index is 453. The number of hydrogen-bond acceptors (Lipinski definition) is 6. The van der Waals surface area contributed by atoms with Gasteiger partial charge in [-0.15, -0.1) is 0 Å². The van der Waals surface area contributed by atoms with Crippen LogP contribution in [0.15, 0.2) is 0 Å². The third-order valence-electron chi connectivity index (χ3n) is 7.71. The molecule has 2 aliphatic rings. The van der Waals surface area contributed by atoms with Crippen molar-refractivity contribution in [2.24, 2.45) is 0 Å². The smallest absolute Gasteiger partial charge is 0.119 e. The van der Waals surface area contributed by atoms with E-state index in [1.54, 1.807) is 0 Å². The van der Waals surface area contributed by atoms with Crippen LogP contribution in [0.3, 0.4) is 0 Å². The van der Waals surface area contributed by atoms with Crippen molar-refractivity contribution in [3.63, 3.8) is 0 Å². The summed E-state index contributed by atoms with van der Waals surface area (Å²) in [5.41, 5.74) is 0. The van der Waals surface area contributed by atoms with Gasteiger partial charge in [0.15, 0.2) is 0 Å². The first-order chi connectivity index (χ1) is 14.8. The molecular formula is C25H56N6. The van der Waals surface area contributed by atoms with E-state index in [4.69, 9.17) is 0 Å². The molecule has 4 unspecified atom stereocenters. The highest BCUT2D eigenvalue weighted by Crippen LogP contribution is 2.23. The molecule has 0 aromatic heterocycles. The van der Waals surface area contributed by atoms with Crippen LogP contribution in [0, 0.1) is 0 Å².